The van der Waals surface area contributed by atoms with Crippen molar-refractivity contribution in [1.82, 2.24) is 10.2 Å². The molecule has 1 aromatic carbocycles. The third-order valence-corrected chi connectivity index (χ3v) is 5.14. The van der Waals surface area contributed by atoms with Crippen LogP contribution in [0.2, 0.25) is 0 Å². The lowest BCUT2D eigenvalue weighted by Crippen LogP contribution is -2.39. The molecule has 2 saturated heterocycles. The largest absolute Gasteiger partial charge is 0.338 e. The van der Waals surface area contributed by atoms with Gasteiger partial charge in [0.05, 0.1) is 0 Å². The summed E-state index contributed by atoms with van der Waals surface area (Å²) >= 11 is 0. The van der Waals surface area contributed by atoms with E-state index in [1.54, 1.807) is 0 Å². The van der Waals surface area contributed by atoms with Crippen molar-refractivity contribution in [1.29, 1.82) is 0 Å². The van der Waals surface area contributed by atoms with Gasteiger partial charge in [0.2, 0.25) is 0 Å². The molecular formula is C17H24N2O. The van der Waals surface area contributed by atoms with E-state index in [-0.39, 0.29) is 5.91 Å². The van der Waals surface area contributed by atoms with Gasteiger partial charge in [-0.2, -0.15) is 0 Å². The summed E-state index contributed by atoms with van der Waals surface area (Å²) in [5.41, 5.74) is 3.68. The van der Waals surface area contributed by atoms with Gasteiger partial charge in [-0.25, -0.2) is 0 Å². The lowest BCUT2D eigenvalue weighted by molar-refractivity contribution is 0.0761. The number of piperidine rings is 1. The number of carbonyl (C=O) groups excluding carboxylic acids is 1. The second kappa shape index (κ2) is 5.21. The van der Waals surface area contributed by atoms with Crippen LogP contribution < -0.4 is 5.32 Å². The number of nitrogens with one attached hydrogen (secondary N) is 1. The lowest BCUT2D eigenvalue weighted by atomic mass is 9.78. The van der Waals surface area contributed by atoms with E-state index in [2.05, 4.69) is 30.1 Å². The van der Waals surface area contributed by atoms with E-state index in [0.717, 1.165) is 31.7 Å². The number of carbonyl (C=O) groups is 1. The first-order valence-corrected chi connectivity index (χ1v) is 7.67. The summed E-state index contributed by atoms with van der Waals surface area (Å²) in [6, 6.07) is 6.06. The molecule has 2 fully saturated rings. The van der Waals surface area contributed by atoms with Gasteiger partial charge in [-0.05, 0) is 74.9 Å². The summed E-state index contributed by atoms with van der Waals surface area (Å²) in [4.78, 5) is 14.7. The molecule has 0 aromatic heterocycles. The summed E-state index contributed by atoms with van der Waals surface area (Å²) < 4.78 is 0. The van der Waals surface area contributed by atoms with Crippen LogP contribution in [0.4, 0.5) is 0 Å². The Bertz CT molecular complexity index is 518. The quantitative estimate of drug-likeness (QED) is 0.852. The third kappa shape index (κ3) is 2.47. The van der Waals surface area contributed by atoms with Crippen LogP contribution in [0.1, 0.15) is 40.7 Å². The number of likely N-dealkylation sites (tertiary alicyclic amines) is 1. The molecule has 0 aliphatic carbocycles. The summed E-state index contributed by atoms with van der Waals surface area (Å²) in [6.07, 6.45) is 3.60. The molecule has 20 heavy (non-hydrogen) atoms. The van der Waals surface area contributed by atoms with Crippen LogP contribution in [0.3, 0.4) is 0 Å². The predicted molar refractivity (Wildman–Crippen MR) is 81.0 cm³/mol. The minimum Gasteiger partial charge on any atom is -0.338 e. The Morgan fingerprint density at radius 1 is 1.15 bits per heavy atom. The molecule has 0 radical (unpaired) electrons. The van der Waals surface area contributed by atoms with Crippen molar-refractivity contribution in [2.75, 3.05) is 26.2 Å². The highest BCUT2D eigenvalue weighted by Crippen LogP contribution is 2.39. The van der Waals surface area contributed by atoms with E-state index in [9.17, 15) is 4.79 Å². The Morgan fingerprint density at radius 2 is 1.90 bits per heavy atom. The molecule has 1 aromatic rings. The summed E-state index contributed by atoms with van der Waals surface area (Å²) in [7, 11) is 0. The van der Waals surface area contributed by atoms with Gasteiger partial charge in [0.15, 0.2) is 0 Å². The van der Waals surface area contributed by atoms with E-state index in [4.69, 9.17) is 0 Å². The van der Waals surface area contributed by atoms with Crippen molar-refractivity contribution >= 4 is 5.91 Å². The Hall–Kier alpha value is -1.35. The second-order valence-electron chi connectivity index (χ2n) is 6.53. The van der Waals surface area contributed by atoms with Gasteiger partial charge in [0, 0.05) is 18.7 Å². The Labute approximate surface area is 121 Å². The normalized spacial score (nSPS) is 21.4. The van der Waals surface area contributed by atoms with Gasteiger partial charge in [-0.3, -0.25) is 4.79 Å². The minimum atomic E-state index is 0.212. The maximum absolute atomic E-state index is 12.6. The Kier molecular flexibility index (Phi) is 3.55. The van der Waals surface area contributed by atoms with Crippen molar-refractivity contribution in [2.24, 2.45) is 5.41 Å². The van der Waals surface area contributed by atoms with Gasteiger partial charge < -0.3 is 10.2 Å². The average Bonchev–Trinajstić information content (AvgIpc) is 2.85. The molecule has 1 spiro atoms. The van der Waals surface area contributed by atoms with Gasteiger partial charge in [0.25, 0.3) is 5.91 Å². The number of amides is 1. The zero-order valence-electron chi connectivity index (χ0n) is 12.5. The number of rotatable bonds is 1. The molecule has 3 rings (SSSR count). The van der Waals surface area contributed by atoms with E-state index in [1.165, 1.54) is 30.4 Å². The molecule has 0 saturated carbocycles. The van der Waals surface area contributed by atoms with Gasteiger partial charge in [-0.15, -0.1) is 0 Å². The van der Waals surface area contributed by atoms with Crippen LogP contribution in [0, 0.1) is 19.3 Å². The van der Waals surface area contributed by atoms with Crippen molar-refractivity contribution in [2.45, 2.75) is 33.1 Å². The van der Waals surface area contributed by atoms with Crippen LogP contribution in [0.25, 0.3) is 0 Å². The summed E-state index contributed by atoms with van der Waals surface area (Å²) in [6.45, 7) is 8.23. The smallest absolute Gasteiger partial charge is 0.253 e. The number of aryl methyl sites for hydroxylation is 2. The first kappa shape index (κ1) is 13.6. The molecule has 0 atom stereocenters. The molecule has 0 unspecified atom stereocenters. The second-order valence-corrected chi connectivity index (χ2v) is 6.53. The monoisotopic (exact) mass is 272 g/mol. The molecule has 1 N–H and O–H groups in total. The zero-order chi connectivity index (χ0) is 14.2. The highest BCUT2D eigenvalue weighted by atomic mass is 16.2. The van der Waals surface area contributed by atoms with Crippen molar-refractivity contribution in [3.8, 4) is 0 Å². The standard InChI is InChI=1S/C17H24N2O/c1-13-3-4-15(11-14(13)2)16(20)19-10-7-17(12-19)5-8-18-9-6-17/h3-4,11,18H,5-10,12H2,1-2H3. The maximum atomic E-state index is 12.6. The minimum absolute atomic E-state index is 0.212. The van der Waals surface area contributed by atoms with E-state index >= 15 is 0 Å². The first-order valence-electron chi connectivity index (χ1n) is 7.67. The highest BCUT2D eigenvalue weighted by Gasteiger charge is 2.40. The van der Waals surface area contributed by atoms with E-state index in [1.807, 2.05) is 12.1 Å². The van der Waals surface area contributed by atoms with Crippen LogP contribution in [-0.4, -0.2) is 37.0 Å². The van der Waals surface area contributed by atoms with E-state index < -0.39 is 0 Å². The molecular weight excluding hydrogens is 248 g/mol. The molecule has 3 heteroatoms. The Morgan fingerprint density at radius 3 is 2.60 bits per heavy atom. The van der Waals surface area contributed by atoms with E-state index in [0.29, 0.717) is 5.41 Å². The molecule has 2 aliphatic rings. The van der Waals surface area contributed by atoms with Crippen molar-refractivity contribution in [3.05, 3.63) is 34.9 Å². The number of nitrogens with zero attached hydrogens (tertiary/aromatic N) is 1. The fourth-order valence-corrected chi connectivity index (χ4v) is 3.53. The SMILES string of the molecule is Cc1ccc(C(=O)N2CCC3(CCNCC3)C2)cc1C. The van der Waals surface area contributed by atoms with Crippen LogP contribution in [0.15, 0.2) is 18.2 Å². The number of benzene rings is 1. The average molecular weight is 272 g/mol. The first-order chi connectivity index (χ1) is 9.60. The Balaban J connectivity index is 1.73. The van der Waals surface area contributed by atoms with Crippen molar-refractivity contribution in [3.63, 3.8) is 0 Å². The fraction of sp³-hybridized carbons (Fsp3) is 0.588. The molecule has 0 bridgehead atoms. The topological polar surface area (TPSA) is 32.3 Å². The predicted octanol–water partition coefficient (Wildman–Crippen LogP) is 2.52. The molecule has 1 amide bonds. The molecule has 2 heterocycles. The van der Waals surface area contributed by atoms with Crippen LogP contribution in [-0.2, 0) is 0 Å². The van der Waals surface area contributed by atoms with Crippen LogP contribution in [0.5, 0.6) is 0 Å². The maximum Gasteiger partial charge on any atom is 0.253 e. The van der Waals surface area contributed by atoms with Crippen LogP contribution >= 0.6 is 0 Å². The van der Waals surface area contributed by atoms with Gasteiger partial charge in [0.1, 0.15) is 0 Å². The third-order valence-electron chi connectivity index (χ3n) is 5.14. The number of hydrogen-bond acceptors (Lipinski definition) is 2. The highest BCUT2D eigenvalue weighted by molar-refractivity contribution is 5.94. The van der Waals surface area contributed by atoms with Gasteiger partial charge in [-0.1, -0.05) is 6.07 Å². The van der Waals surface area contributed by atoms with Crippen molar-refractivity contribution < 1.29 is 4.79 Å². The summed E-state index contributed by atoms with van der Waals surface area (Å²) in [5.74, 6) is 0.212. The molecule has 108 valence electrons. The molecule has 3 nitrogen and oxygen atoms in total. The van der Waals surface area contributed by atoms with Gasteiger partial charge >= 0.3 is 0 Å². The lowest BCUT2D eigenvalue weighted by Gasteiger charge is -2.33. The fourth-order valence-electron chi connectivity index (χ4n) is 3.53. The summed E-state index contributed by atoms with van der Waals surface area (Å²) in [5, 5.41) is 3.42. The molecule has 2 aliphatic heterocycles. The number of hydrogen-bond donors (Lipinski definition) is 1. The zero-order valence-corrected chi connectivity index (χ0v) is 12.5.